The van der Waals surface area contributed by atoms with Gasteiger partial charge < -0.3 is 9.47 Å². The summed E-state index contributed by atoms with van der Waals surface area (Å²) < 4.78 is 48.3. The second-order valence-corrected chi connectivity index (χ2v) is 3.72. The molecule has 0 bridgehead atoms. The lowest BCUT2D eigenvalue weighted by molar-refractivity contribution is -0.0553. The number of hydrogen-bond donors (Lipinski definition) is 0. The minimum absolute atomic E-state index is 0.139. The van der Waals surface area contributed by atoms with E-state index >= 15 is 0 Å². The number of benzene rings is 1. The van der Waals surface area contributed by atoms with Crippen LogP contribution in [0.3, 0.4) is 0 Å². The van der Waals surface area contributed by atoms with Gasteiger partial charge in [-0.1, -0.05) is 0 Å². The van der Waals surface area contributed by atoms with Crippen molar-refractivity contribution in [2.45, 2.75) is 6.61 Å². The molecule has 0 amide bonds. The first-order valence-corrected chi connectivity index (χ1v) is 5.34. The number of hydrogen-bond acceptors (Lipinski definition) is 3. The molecule has 0 radical (unpaired) electrons. The molecule has 0 aliphatic rings. The molecule has 2 rings (SSSR count). The number of aryl methyl sites for hydroxylation is 1. The van der Waals surface area contributed by atoms with Gasteiger partial charge in [-0.15, -0.1) is 0 Å². The first kappa shape index (κ1) is 13.3. The van der Waals surface area contributed by atoms with Crippen LogP contribution in [0, 0.1) is 5.82 Å². The summed E-state index contributed by atoms with van der Waals surface area (Å²) in [5, 5.41) is 3.93. The largest absolute Gasteiger partial charge is 0.497 e. The molecule has 7 heteroatoms. The van der Waals surface area contributed by atoms with Crippen LogP contribution in [0.4, 0.5) is 13.2 Å². The van der Waals surface area contributed by atoms with Crippen LogP contribution in [0.5, 0.6) is 11.6 Å². The summed E-state index contributed by atoms with van der Waals surface area (Å²) in [5.74, 6) is -0.331. The minimum Gasteiger partial charge on any atom is -0.497 e. The maximum atomic E-state index is 13.8. The summed E-state index contributed by atoms with van der Waals surface area (Å²) in [4.78, 5) is 0. The fourth-order valence-electron chi connectivity index (χ4n) is 1.61. The molecule has 2 aromatic rings. The maximum Gasteiger partial charge on any atom is 0.388 e. The summed E-state index contributed by atoms with van der Waals surface area (Å²) in [7, 11) is 2.85. The van der Waals surface area contributed by atoms with Crippen molar-refractivity contribution in [3.63, 3.8) is 0 Å². The van der Waals surface area contributed by atoms with Gasteiger partial charge in [0.2, 0.25) is 5.88 Å². The van der Waals surface area contributed by atoms with Crippen molar-refractivity contribution in [1.29, 1.82) is 0 Å². The van der Waals surface area contributed by atoms with Gasteiger partial charge in [0, 0.05) is 24.7 Å². The summed E-state index contributed by atoms with van der Waals surface area (Å²) in [6.07, 6.45) is 0. The van der Waals surface area contributed by atoms with Crippen molar-refractivity contribution in [2.24, 2.45) is 7.05 Å². The van der Waals surface area contributed by atoms with Gasteiger partial charge in [-0.3, -0.25) is 0 Å². The van der Waals surface area contributed by atoms with E-state index in [2.05, 4.69) is 9.84 Å². The Morgan fingerprint density at radius 3 is 2.58 bits per heavy atom. The lowest BCUT2D eigenvalue weighted by Crippen LogP contribution is -2.05. The zero-order valence-corrected chi connectivity index (χ0v) is 10.2. The van der Waals surface area contributed by atoms with E-state index in [1.165, 1.54) is 32.4 Å². The van der Waals surface area contributed by atoms with E-state index in [-0.39, 0.29) is 17.1 Å². The fourth-order valence-corrected chi connectivity index (χ4v) is 1.61. The summed E-state index contributed by atoms with van der Waals surface area (Å²) >= 11 is 0. The van der Waals surface area contributed by atoms with Crippen LogP contribution in [-0.4, -0.2) is 23.5 Å². The Hall–Kier alpha value is -2.18. The molecule has 0 saturated carbocycles. The molecule has 0 fully saturated rings. The highest BCUT2D eigenvalue weighted by atomic mass is 19.3. The topological polar surface area (TPSA) is 36.3 Å². The SMILES string of the molecule is COc1ccc(-c2cc(OC(F)F)n(C)n2)c(F)c1. The molecule has 19 heavy (non-hydrogen) atoms. The van der Waals surface area contributed by atoms with Gasteiger partial charge in [-0.05, 0) is 12.1 Å². The van der Waals surface area contributed by atoms with Gasteiger partial charge in [0.05, 0.1) is 12.8 Å². The van der Waals surface area contributed by atoms with Crippen LogP contribution in [-0.2, 0) is 7.05 Å². The molecule has 4 nitrogen and oxygen atoms in total. The zero-order valence-electron chi connectivity index (χ0n) is 10.2. The Balaban J connectivity index is 2.37. The summed E-state index contributed by atoms with van der Waals surface area (Å²) in [6.45, 7) is -2.95. The molecular weight excluding hydrogens is 261 g/mol. The van der Waals surface area contributed by atoms with Crippen molar-refractivity contribution in [3.8, 4) is 22.9 Å². The fraction of sp³-hybridized carbons (Fsp3) is 0.250. The smallest absolute Gasteiger partial charge is 0.388 e. The Labute approximate surface area is 107 Å². The number of aromatic nitrogens is 2. The maximum absolute atomic E-state index is 13.8. The van der Waals surface area contributed by atoms with E-state index in [4.69, 9.17) is 4.74 Å². The Morgan fingerprint density at radius 1 is 1.26 bits per heavy atom. The van der Waals surface area contributed by atoms with E-state index in [1.807, 2.05) is 0 Å². The Kier molecular flexibility index (Phi) is 3.64. The van der Waals surface area contributed by atoms with Crippen LogP contribution in [0.1, 0.15) is 0 Å². The van der Waals surface area contributed by atoms with Gasteiger partial charge in [0.1, 0.15) is 11.6 Å². The molecular formula is C12H11F3N2O2. The third kappa shape index (κ3) is 2.81. The quantitative estimate of drug-likeness (QED) is 0.858. The highest BCUT2D eigenvalue weighted by Gasteiger charge is 2.15. The molecule has 0 atom stereocenters. The highest BCUT2D eigenvalue weighted by molar-refractivity contribution is 5.62. The molecule has 1 heterocycles. The van der Waals surface area contributed by atoms with Crippen molar-refractivity contribution in [2.75, 3.05) is 7.11 Å². The van der Waals surface area contributed by atoms with Crippen LogP contribution in [0.2, 0.25) is 0 Å². The van der Waals surface area contributed by atoms with Crippen molar-refractivity contribution < 1.29 is 22.6 Å². The predicted octanol–water partition coefficient (Wildman–Crippen LogP) is 2.84. The van der Waals surface area contributed by atoms with Gasteiger partial charge in [-0.2, -0.15) is 13.9 Å². The second-order valence-electron chi connectivity index (χ2n) is 3.72. The number of halogens is 3. The third-order valence-electron chi connectivity index (χ3n) is 2.50. The highest BCUT2D eigenvalue weighted by Crippen LogP contribution is 2.28. The summed E-state index contributed by atoms with van der Waals surface area (Å²) in [6, 6.07) is 5.46. The normalized spacial score (nSPS) is 10.8. The van der Waals surface area contributed by atoms with Crippen LogP contribution in [0.25, 0.3) is 11.3 Å². The van der Waals surface area contributed by atoms with E-state index < -0.39 is 12.4 Å². The number of alkyl halides is 2. The van der Waals surface area contributed by atoms with Gasteiger partial charge in [0.15, 0.2) is 0 Å². The average Bonchev–Trinajstić information content (AvgIpc) is 2.69. The monoisotopic (exact) mass is 272 g/mol. The zero-order chi connectivity index (χ0) is 14.0. The molecule has 0 aliphatic heterocycles. The third-order valence-corrected chi connectivity index (χ3v) is 2.50. The first-order chi connectivity index (χ1) is 9.01. The van der Waals surface area contributed by atoms with E-state index in [0.29, 0.717) is 5.75 Å². The van der Waals surface area contributed by atoms with Crippen molar-refractivity contribution in [1.82, 2.24) is 9.78 Å². The molecule has 1 aromatic carbocycles. The number of ether oxygens (including phenoxy) is 2. The molecule has 0 saturated heterocycles. The molecule has 0 unspecified atom stereocenters. The van der Waals surface area contributed by atoms with Gasteiger partial charge in [-0.25, -0.2) is 9.07 Å². The number of nitrogens with zero attached hydrogens (tertiary/aromatic N) is 2. The molecule has 0 spiro atoms. The van der Waals surface area contributed by atoms with Gasteiger partial charge in [0.25, 0.3) is 0 Å². The van der Waals surface area contributed by atoms with Crippen LogP contribution in [0.15, 0.2) is 24.3 Å². The lowest BCUT2D eigenvalue weighted by Gasteiger charge is -2.02. The van der Waals surface area contributed by atoms with Crippen LogP contribution >= 0.6 is 0 Å². The molecule has 102 valence electrons. The molecule has 0 N–H and O–H groups in total. The number of rotatable bonds is 4. The van der Waals surface area contributed by atoms with Gasteiger partial charge >= 0.3 is 6.61 Å². The van der Waals surface area contributed by atoms with E-state index in [9.17, 15) is 13.2 Å². The lowest BCUT2D eigenvalue weighted by atomic mass is 10.1. The van der Waals surface area contributed by atoms with Crippen molar-refractivity contribution in [3.05, 3.63) is 30.1 Å². The average molecular weight is 272 g/mol. The molecule has 0 aliphatic carbocycles. The van der Waals surface area contributed by atoms with E-state index in [0.717, 1.165) is 4.68 Å². The van der Waals surface area contributed by atoms with Crippen molar-refractivity contribution >= 4 is 0 Å². The first-order valence-electron chi connectivity index (χ1n) is 5.34. The Bertz CT molecular complexity index is 584. The second kappa shape index (κ2) is 5.21. The predicted molar refractivity (Wildman–Crippen MR) is 61.8 cm³/mol. The standard InChI is InChI=1S/C12H11F3N2O2/c1-17-11(19-12(14)15)6-10(16-17)8-4-3-7(18-2)5-9(8)13/h3-6,12H,1-2H3. The number of methoxy groups -OCH3 is 1. The van der Waals surface area contributed by atoms with Crippen LogP contribution < -0.4 is 9.47 Å². The summed E-state index contributed by atoms with van der Waals surface area (Å²) in [5.41, 5.74) is 0.388. The minimum atomic E-state index is -2.95. The Morgan fingerprint density at radius 2 is 2.00 bits per heavy atom. The molecule has 1 aromatic heterocycles. The van der Waals surface area contributed by atoms with E-state index in [1.54, 1.807) is 6.07 Å².